The van der Waals surface area contributed by atoms with Gasteiger partial charge in [0.25, 0.3) is 0 Å². The van der Waals surface area contributed by atoms with E-state index in [2.05, 4.69) is 23.5 Å². The van der Waals surface area contributed by atoms with Gasteiger partial charge in [0.05, 0.1) is 6.54 Å². The average molecular weight is 354 g/mol. The number of para-hydroxylation sites is 1. The van der Waals surface area contributed by atoms with Crippen molar-refractivity contribution < 1.29 is 8.78 Å². The van der Waals surface area contributed by atoms with Crippen LogP contribution in [-0.4, -0.2) is 5.84 Å². The molecule has 1 aliphatic heterocycles. The van der Waals surface area contributed by atoms with Gasteiger partial charge < -0.3 is 5.32 Å². The number of rotatable bonds is 2. The van der Waals surface area contributed by atoms with Crippen molar-refractivity contribution in [1.82, 2.24) is 0 Å². The van der Waals surface area contributed by atoms with Gasteiger partial charge in [-0.3, -0.25) is 4.99 Å². The lowest BCUT2D eigenvalue weighted by Crippen LogP contribution is -2.42. The van der Waals surface area contributed by atoms with Crippen molar-refractivity contribution >= 4 is 11.5 Å². The molecule has 1 saturated carbocycles. The highest BCUT2D eigenvalue weighted by Gasteiger charge is 2.40. The molecule has 1 N–H and O–H groups in total. The first kappa shape index (κ1) is 17.2. The van der Waals surface area contributed by atoms with Crippen molar-refractivity contribution in [1.29, 1.82) is 0 Å². The number of hydrogen-bond donors (Lipinski definition) is 1. The van der Waals surface area contributed by atoms with E-state index in [0.717, 1.165) is 30.8 Å². The zero-order chi connectivity index (χ0) is 18.0. The number of nitrogens with one attached hydrogen (secondary N) is 1. The zero-order valence-corrected chi connectivity index (χ0v) is 14.9. The summed E-state index contributed by atoms with van der Waals surface area (Å²) < 4.78 is 28.0. The lowest BCUT2D eigenvalue weighted by Gasteiger charge is -2.39. The van der Waals surface area contributed by atoms with Crippen molar-refractivity contribution in [3.63, 3.8) is 0 Å². The molecule has 4 heteroatoms. The van der Waals surface area contributed by atoms with Crippen molar-refractivity contribution in [2.75, 3.05) is 5.32 Å². The molecule has 0 aromatic heterocycles. The Labute approximate surface area is 153 Å². The molecule has 0 atom stereocenters. The highest BCUT2D eigenvalue weighted by atomic mass is 19.1. The highest BCUT2D eigenvalue weighted by Crippen LogP contribution is 2.44. The lowest BCUT2D eigenvalue weighted by atomic mass is 9.72. The summed E-state index contributed by atoms with van der Waals surface area (Å²) in [6.45, 7) is 0.0325. The van der Waals surface area contributed by atoms with Gasteiger partial charge in [-0.15, -0.1) is 0 Å². The smallest absolute Gasteiger partial charge is 0.131 e. The topological polar surface area (TPSA) is 24.4 Å². The number of aliphatic imine (C=N–C) groups is 1. The van der Waals surface area contributed by atoms with Crippen LogP contribution in [0.3, 0.4) is 0 Å². The van der Waals surface area contributed by atoms with Gasteiger partial charge in [0.1, 0.15) is 17.5 Å². The number of amidine groups is 1. The number of benzene rings is 2. The van der Waals surface area contributed by atoms with Gasteiger partial charge in [0, 0.05) is 16.7 Å². The van der Waals surface area contributed by atoms with E-state index < -0.39 is 11.6 Å². The molecule has 0 radical (unpaired) electrons. The molecule has 0 saturated heterocycles. The van der Waals surface area contributed by atoms with Gasteiger partial charge in [-0.05, 0) is 43.0 Å². The van der Waals surface area contributed by atoms with Gasteiger partial charge in [-0.25, -0.2) is 8.78 Å². The molecule has 1 fully saturated rings. The molecule has 2 aromatic carbocycles. The minimum Gasteiger partial charge on any atom is -0.343 e. The van der Waals surface area contributed by atoms with Crippen LogP contribution in [0.2, 0.25) is 0 Å². The maximum atomic E-state index is 14.0. The summed E-state index contributed by atoms with van der Waals surface area (Å²) in [6, 6.07) is 12.3. The molecule has 2 nitrogen and oxygen atoms in total. The minimum atomic E-state index is -0.527. The standard InChI is InChI=1S/C22H24F2N2/c23-18-9-7-10-19(24)17(18)15-25-21-22(12-5-1-2-6-13-22)14-16-8-3-4-11-20(16)26-21/h3-4,7-11H,1-2,5-6,12-15H2,(H,25,26). The van der Waals surface area contributed by atoms with Crippen molar-refractivity contribution in [3.8, 4) is 0 Å². The summed E-state index contributed by atoms with van der Waals surface area (Å²) in [6.07, 6.45) is 7.96. The fourth-order valence-electron chi connectivity index (χ4n) is 4.37. The Morgan fingerprint density at radius 2 is 1.58 bits per heavy atom. The molecule has 0 amide bonds. The van der Waals surface area contributed by atoms with Crippen molar-refractivity contribution in [2.45, 2.75) is 51.5 Å². The molecule has 0 bridgehead atoms. The van der Waals surface area contributed by atoms with Crippen LogP contribution in [-0.2, 0) is 13.0 Å². The minimum absolute atomic E-state index is 0.0325. The second kappa shape index (κ2) is 7.18. The summed E-state index contributed by atoms with van der Waals surface area (Å²) in [7, 11) is 0. The van der Waals surface area contributed by atoms with Gasteiger partial charge in [0.2, 0.25) is 0 Å². The molecular weight excluding hydrogens is 330 g/mol. The SMILES string of the molecule is Fc1cccc(F)c1CN=C1Nc2ccccc2CC12CCCCCC2. The number of halogens is 2. The molecule has 4 rings (SSSR count). The van der Waals surface area contributed by atoms with Crippen LogP contribution in [0.15, 0.2) is 47.5 Å². The first-order valence-electron chi connectivity index (χ1n) is 9.51. The van der Waals surface area contributed by atoms with Gasteiger partial charge in [-0.2, -0.15) is 0 Å². The summed E-state index contributed by atoms with van der Waals surface area (Å²) in [5.41, 5.74) is 2.39. The molecule has 1 heterocycles. The first-order chi connectivity index (χ1) is 12.7. The van der Waals surface area contributed by atoms with Crippen LogP contribution in [0.1, 0.15) is 49.7 Å². The highest BCUT2D eigenvalue weighted by molar-refractivity contribution is 6.02. The van der Waals surface area contributed by atoms with E-state index in [1.165, 1.54) is 49.4 Å². The average Bonchev–Trinajstić information content (AvgIpc) is 2.88. The molecule has 26 heavy (non-hydrogen) atoms. The molecule has 1 spiro atoms. The van der Waals surface area contributed by atoms with E-state index in [0.29, 0.717) is 0 Å². The van der Waals surface area contributed by atoms with E-state index in [1.54, 1.807) is 0 Å². The van der Waals surface area contributed by atoms with E-state index in [1.807, 2.05) is 6.07 Å². The third-order valence-electron chi connectivity index (χ3n) is 5.82. The van der Waals surface area contributed by atoms with Crippen LogP contribution in [0, 0.1) is 17.0 Å². The van der Waals surface area contributed by atoms with Crippen LogP contribution < -0.4 is 5.32 Å². The third kappa shape index (κ3) is 3.25. The number of nitrogens with zero attached hydrogens (tertiary/aromatic N) is 1. The Morgan fingerprint density at radius 3 is 2.31 bits per heavy atom. The molecule has 0 unspecified atom stereocenters. The van der Waals surface area contributed by atoms with Gasteiger partial charge >= 0.3 is 0 Å². The van der Waals surface area contributed by atoms with E-state index in [9.17, 15) is 8.78 Å². The third-order valence-corrected chi connectivity index (χ3v) is 5.82. The number of hydrogen-bond acceptors (Lipinski definition) is 1. The lowest BCUT2D eigenvalue weighted by molar-refractivity contribution is 0.354. The van der Waals surface area contributed by atoms with Crippen LogP contribution in [0.5, 0.6) is 0 Å². The quantitative estimate of drug-likeness (QED) is 0.716. The van der Waals surface area contributed by atoms with Crippen LogP contribution >= 0.6 is 0 Å². The van der Waals surface area contributed by atoms with E-state index >= 15 is 0 Å². The van der Waals surface area contributed by atoms with Gasteiger partial charge in [-0.1, -0.05) is 49.9 Å². The normalized spacial score (nSPS) is 20.5. The molecule has 2 aromatic rings. The predicted octanol–water partition coefficient (Wildman–Crippen LogP) is 5.87. The Balaban J connectivity index is 1.71. The second-order valence-corrected chi connectivity index (χ2v) is 7.52. The fraction of sp³-hybridized carbons (Fsp3) is 0.409. The fourth-order valence-corrected chi connectivity index (χ4v) is 4.37. The predicted molar refractivity (Wildman–Crippen MR) is 101 cm³/mol. The van der Waals surface area contributed by atoms with Crippen LogP contribution in [0.25, 0.3) is 0 Å². The Morgan fingerprint density at radius 1 is 0.885 bits per heavy atom. The zero-order valence-electron chi connectivity index (χ0n) is 14.9. The number of fused-ring (bicyclic) bond motifs is 1. The van der Waals surface area contributed by atoms with Crippen molar-refractivity contribution in [3.05, 3.63) is 65.2 Å². The summed E-state index contributed by atoms with van der Waals surface area (Å²) in [5.74, 6) is -0.151. The largest absolute Gasteiger partial charge is 0.343 e. The second-order valence-electron chi connectivity index (χ2n) is 7.52. The van der Waals surface area contributed by atoms with Crippen molar-refractivity contribution in [2.24, 2.45) is 10.4 Å². The maximum Gasteiger partial charge on any atom is 0.131 e. The van der Waals surface area contributed by atoms with Crippen LogP contribution in [0.4, 0.5) is 14.5 Å². The maximum absolute atomic E-state index is 14.0. The van der Waals surface area contributed by atoms with E-state index in [4.69, 9.17) is 4.99 Å². The Kier molecular flexibility index (Phi) is 4.75. The molecule has 136 valence electrons. The Hall–Kier alpha value is -2.23. The van der Waals surface area contributed by atoms with Gasteiger partial charge in [0.15, 0.2) is 0 Å². The van der Waals surface area contributed by atoms with E-state index in [-0.39, 0.29) is 17.5 Å². The monoisotopic (exact) mass is 354 g/mol. The summed E-state index contributed by atoms with van der Waals surface area (Å²) in [4.78, 5) is 4.72. The molecular formula is C22H24F2N2. The summed E-state index contributed by atoms with van der Waals surface area (Å²) >= 11 is 0. The molecule has 2 aliphatic rings. The number of anilines is 1. The Bertz CT molecular complexity index is 800. The molecule has 1 aliphatic carbocycles. The summed E-state index contributed by atoms with van der Waals surface area (Å²) in [5, 5.41) is 3.50. The first-order valence-corrected chi connectivity index (χ1v) is 9.51.